The van der Waals surface area contributed by atoms with Crippen molar-refractivity contribution in [2.75, 3.05) is 6.54 Å². The van der Waals surface area contributed by atoms with Gasteiger partial charge in [0.25, 0.3) is 11.1 Å². The van der Waals surface area contributed by atoms with Gasteiger partial charge < -0.3 is 10.5 Å². The lowest BCUT2D eigenvalue weighted by atomic mass is 10.2. The van der Waals surface area contributed by atoms with Crippen molar-refractivity contribution in [3.63, 3.8) is 0 Å². The van der Waals surface area contributed by atoms with E-state index in [0.717, 1.165) is 22.2 Å². The fourth-order valence-electron chi connectivity index (χ4n) is 2.48. The van der Waals surface area contributed by atoms with Crippen LogP contribution in [0.1, 0.15) is 11.1 Å². The Bertz CT molecular complexity index is 1000. The Morgan fingerprint density at radius 1 is 1.17 bits per heavy atom. The largest absolute Gasteiger partial charge is 0.487 e. The third-order valence-electron chi connectivity index (χ3n) is 3.80. The van der Waals surface area contributed by atoms with E-state index in [-0.39, 0.29) is 17.3 Å². The molecule has 0 unspecified atom stereocenters. The van der Waals surface area contributed by atoms with Crippen molar-refractivity contribution in [3.8, 4) is 5.75 Å². The van der Waals surface area contributed by atoms with Crippen LogP contribution < -0.4 is 10.5 Å². The fourth-order valence-corrected chi connectivity index (χ4v) is 4.77. The highest BCUT2D eigenvalue weighted by molar-refractivity contribution is 9.11. The quantitative estimate of drug-likeness (QED) is 0.544. The molecule has 1 aliphatic heterocycles. The van der Waals surface area contributed by atoms with E-state index in [0.29, 0.717) is 20.3 Å². The predicted octanol–water partition coefficient (Wildman–Crippen LogP) is 4.45. The van der Waals surface area contributed by atoms with E-state index in [4.69, 9.17) is 10.5 Å². The third kappa shape index (κ3) is 5.26. The molecule has 29 heavy (non-hydrogen) atoms. The van der Waals surface area contributed by atoms with Gasteiger partial charge in [-0.05, 0) is 85.1 Å². The Morgan fingerprint density at radius 3 is 2.38 bits per heavy atom. The number of amides is 3. The minimum absolute atomic E-state index is 0.190. The van der Waals surface area contributed by atoms with Crippen molar-refractivity contribution < 1.29 is 23.5 Å². The lowest BCUT2D eigenvalue weighted by Crippen LogP contribution is -2.36. The van der Waals surface area contributed by atoms with Crippen LogP contribution in [0, 0.1) is 5.82 Å². The highest BCUT2D eigenvalue weighted by Crippen LogP contribution is 2.38. The maximum Gasteiger partial charge on any atom is 0.294 e. The van der Waals surface area contributed by atoms with E-state index < -0.39 is 23.6 Å². The number of primary amides is 1. The Morgan fingerprint density at radius 2 is 1.79 bits per heavy atom. The second kappa shape index (κ2) is 9.10. The summed E-state index contributed by atoms with van der Waals surface area (Å²) in [4.78, 5) is 36.2. The van der Waals surface area contributed by atoms with E-state index in [9.17, 15) is 18.8 Å². The standard InChI is InChI=1S/C19H13Br2FN2O4S/c20-13-5-11(7-15-18(26)24(8-16(23)25)19(27)29-15)6-14(21)17(13)28-9-10-1-3-12(22)4-2-10/h1-7H,8-9H2,(H2,23,25)/b15-7-. The van der Waals surface area contributed by atoms with Gasteiger partial charge in [0.05, 0.1) is 13.9 Å². The van der Waals surface area contributed by atoms with Crippen LogP contribution in [0.3, 0.4) is 0 Å². The second-order valence-corrected chi connectivity index (χ2v) is 8.66. The lowest BCUT2D eigenvalue weighted by molar-refractivity contribution is -0.127. The van der Waals surface area contributed by atoms with Crippen LogP contribution in [0.5, 0.6) is 5.75 Å². The number of ether oxygens (including phenoxy) is 1. The zero-order chi connectivity index (χ0) is 21.1. The van der Waals surface area contributed by atoms with E-state index >= 15 is 0 Å². The van der Waals surface area contributed by atoms with Gasteiger partial charge in [0, 0.05) is 0 Å². The summed E-state index contributed by atoms with van der Waals surface area (Å²) < 4.78 is 20.0. The maximum absolute atomic E-state index is 13.0. The normalized spacial score (nSPS) is 15.3. The molecular weight excluding hydrogens is 531 g/mol. The van der Waals surface area contributed by atoms with Gasteiger partial charge in [-0.15, -0.1) is 0 Å². The molecule has 1 aliphatic rings. The molecule has 1 heterocycles. The molecule has 0 aromatic heterocycles. The predicted molar refractivity (Wildman–Crippen MR) is 114 cm³/mol. The van der Waals surface area contributed by atoms with E-state index in [1.807, 2.05) is 0 Å². The Balaban J connectivity index is 1.77. The van der Waals surface area contributed by atoms with E-state index in [1.165, 1.54) is 12.1 Å². The monoisotopic (exact) mass is 542 g/mol. The number of hydrogen-bond acceptors (Lipinski definition) is 5. The average molecular weight is 544 g/mol. The summed E-state index contributed by atoms with van der Waals surface area (Å²) in [6.45, 7) is -0.214. The van der Waals surface area contributed by atoms with Crippen molar-refractivity contribution in [1.82, 2.24) is 4.90 Å². The summed E-state index contributed by atoms with van der Waals surface area (Å²) in [5.74, 6) is -1.11. The molecule has 0 aliphatic carbocycles. The summed E-state index contributed by atoms with van der Waals surface area (Å²) in [5, 5.41) is -0.544. The second-order valence-electron chi connectivity index (χ2n) is 5.96. The SMILES string of the molecule is NC(=O)CN1C(=O)S/C(=C\c2cc(Br)c(OCc3ccc(F)cc3)c(Br)c2)C1=O. The zero-order valence-electron chi connectivity index (χ0n) is 14.7. The molecule has 0 saturated carbocycles. The van der Waals surface area contributed by atoms with E-state index in [2.05, 4.69) is 31.9 Å². The molecule has 150 valence electrons. The van der Waals surface area contributed by atoms with Gasteiger partial charge in [0.15, 0.2) is 0 Å². The van der Waals surface area contributed by atoms with Gasteiger partial charge in [-0.2, -0.15) is 0 Å². The van der Waals surface area contributed by atoms with Crippen molar-refractivity contribution >= 4 is 66.8 Å². The van der Waals surface area contributed by atoms with Gasteiger partial charge in [-0.25, -0.2) is 4.39 Å². The average Bonchev–Trinajstić information content (AvgIpc) is 2.89. The van der Waals surface area contributed by atoms with Gasteiger partial charge in [0.1, 0.15) is 24.7 Å². The fraction of sp³-hybridized carbons (Fsp3) is 0.105. The van der Waals surface area contributed by atoms with Crippen LogP contribution in [0.2, 0.25) is 0 Å². The highest BCUT2D eigenvalue weighted by atomic mass is 79.9. The first kappa shape index (κ1) is 21.5. The van der Waals surface area contributed by atoms with Gasteiger partial charge >= 0.3 is 0 Å². The minimum atomic E-state index is -0.762. The molecule has 0 atom stereocenters. The van der Waals surface area contributed by atoms with Crippen LogP contribution in [0.25, 0.3) is 6.08 Å². The number of thioether (sulfide) groups is 1. The number of imide groups is 1. The number of rotatable bonds is 6. The van der Waals surface area contributed by atoms with Crippen LogP contribution >= 0.6 is 43.6 Å². The number of halogens is 3. The van der Waals surface area contributed by atoms with Crippen LogP contribution in [0.4, 0.5) is 9.18 Å². The molecule has 6 nitrogen and oxygen atoms in total. The highest BCUT2D eigenvalue weighted by Gasteiger charge is 2.35. The zero-order valence-corrected chi connectivity index (χ0v) is 18.6. The molecule has 3 rings (SSSR count). The maximum atomic E-state index is 13.0. The summed E-state index contributed by atoms with van der Waals surface area (Å²) >= 11 is 7.60. The first-order valence-electron chi connectivity index (χ1n) is 8.14. The minimum Gasteiger partial charge on any atom is -0.487 e. The smallest absolute Gasteiger partial charge is 0.294 e. The number of carbonyl (C=O) groups is 3. The van der Waals surface area contributed by atoms with Crippen LogP contribution in [-0.2, 0) is 16.2 Å². The van der Waals surface area contributed by atoms with E-state index in [1.54, 1.807) is 30.3 Å². The van der Waals surface area contributed by atoms with Gasteiger partial charge in [-0.3, -0.25) is 19.3 Å². The molecule has 2 N–H and O–H groups in total. The van der Waals surface area contributed by atoms with Crippen LogP contribution in [-0.4, -0.2) is 28.5 Å². The Labute approximate surface area is 186 Å². The molecule has 0 radical (unpaired) electrons. The number of nitrogens with zero attached hydrogens (tertiary/aromatic N) is 1. The molecule has 3 amide bonds. The molecule has 0 spiro atoms. The number of hydrogen-bond donors (Lipinski definition) is 1. The first-order chi connectivity index (χ1) is 13.7. The molecule has 2 aromatic carbocycles. The topological polar surface area (TPSA) is 89.7 Å². The molecule has 1 fully saturated rings. The summed E-state index contributed by atoms with van der Waals surface area (Å²) in [5.41, 5.74) is 6.51. The summed E-state index contributed by atoms with van der Waals surface area (Å²) in [6.07, 6.45) is 1.55. The molecule has 10 heteroatoms. The van der Waals surface area contributed by atoms with Crippen molar-refractivity contribution in [1.29, 1.82) is 0 Å². The molecular formula is C19H13Br2FN2O4S. The Hall–Kier alpha value is -2.17. The Kier molecular flexibility index (Phi) is 6.76. The summed E-state index contributed by atoms with van der Waals surface area (Å²) in [6, 6.07) is 9.44. The lowest BCUT2D eigenvalue weighted by Gasteiger charge is -2.12. The number of benzene rings is 2. The summed E-state index contributed by atoms with van der Waals surface area (Å²) in [7, 11) is 0. The van der Waals surface area contributed by atoms with Gasteiger partial charge in [0.2, 0.25) is 5.91 Å². The third-order valence-corrected chi connectivity index (χ3v) is 5.89. The molecule has 2 aromatic rings. The molecule has 0 bridgehead atoms. The first-order valence-corrected chi connectivity index (χ1v) is 10.5. The number of nitrogens with two attached hydrogens (primary N) is 1. The van der Waals surface area contributed by atoms with Crippen molar-refractivity contribution in [3.05, 3.63) is 67.2 Å². The van der Waals surface area contributed by atoms with Crippen molar-refractivity contribution in [2.24, 2.45) is 5.73 Å². The van der Waals surface area contributed by atoms with Crippen LogP contribution in [0.15, 0.2) is 50.2 Å². The number of carbonyl (C=O) groups excluding carboxylic acids is 3. The molecule has 1 saturated heterocycles. The van der Waals surface area contributed by atoms with Gasteiger partial charge in [-0.1, -0.05) is 12.1 Å². The van der Waals surface area contributed by atoms with Crippen molar-refractivity contribution in [2.45, 2.75) is 6.61 Å².